The smallest absolute Gasteiger partial charge is 0.0637 e. The lowest BCUT2D eigenvalue weighted by molar-refractivity contribution is -0.0275. The highest BCUT2D eigenvalue weighted by molar-refractivity contribution is 4.94. The lowest BCUT2D eigenvalue weighted by atomic mass is 9.99. The lowest BCUT2D eigenvalue weighted by Gasteiger charge is -2.45. The number of hydrogen-bond acceptors (Lipinski definition) is 4. The van der Waals surface area contributed by atoms with E-state index in [2.05, 4.69) is 22.0 Å². The minimum Gasteiger partial charge on any atom is -0.380 e. The maximum Gasteiger partial charge on any atom is 0.0637 e. The van der Waals surface area contributed by atoms with Crippen LogP contribution in [0.15, 0.2) is 0 Å². The Morgan fingerprint density at radius 3 is 2.95 bits per heavy atom. The van der Waals surface area contributed by atoms with Crippen LogP contribution in [-0.2, 0) is 4.74 Å². The molecule has 0 amide bonds. The maximum absolute atomic E-state index is 5.76. The minimum atomic E-state index is 0.600. The first kappa shape index (κ1) is 13.8. The van der Waals surface area contributed by atoms with E-state index >= 15 is 0 Å². The summed E-state index contributed by atoms with van der Waals surface area (Å²) >= 11 is 0. The molecule has 0 aliphatic carbocycles. The molecule has 19 heavy (non-hydrogen) atoms. The van der Waals surface area contributed by atoms with E-state index in [9.17, 15) is 0 Å². The number of rotatable bonds is 4. The fourth-order valence-corrected chi connectivity index (χ4v) is 3.97. The maximum atomic E-state index is 5.76. The van der Waals surface area contributed by atoms with Gasteiger partial charge in [0.25, 0.3) is 0 Å². The van der Waals surface area contributed by atoms with E-state index in [-0.39, 0.29) is 0 Å². The molecule has 0 saturated carbocycles. The first-order valence-electron chi connectivity index (χ1n) is 8.17. The van der Waals surface area contributed by atoms with Gasteiger partial charge in [0.05, 0.1) is 6.61 Å². The van der Waals surface area contributed by atoms with Gasteiger partial charge < -0.3 is 10.1 Å². The average molecular weight is 267 g/mol. The molecule has 3 saturated heterocycles. The lowest BCUT2D eigenvalue weighted by Crippen LogP contribution is -2.61. The molecule has 0 aromatic heterocycles. The summed E-state index contributed by atoms with van der Waals surface area (Å²) in [4.78, 5) is 5.40. The van der Waals surface area contributed by atoms with Crippen LogP contribution in [0.4, 0.5) is 0 Å². The molecule has 3 rings (SSSR count). The van der Waals surface area contributed by atoms with E-state index in [0.29, 0.717) is 12.1 Å². The highest BCUT2D eigenvalue weighted by Crippen LogP contribution is 2.25. The van der Waals surface area contributed by atoms with Gasteiger partial charge in [0, 0.05) is 44.4 Å². The molecule has 4 heteroatoms. The number of ether oxygens (including phenoxy) is 1. The third-order valence-electron chi connectivity index (χ3n) is 5.07. The zero-order chi connectivity index (χ0) is 13.1. The molecular formula is C15H29N3O. The van der Waals surface area contributed by atoms with E-state index < -0.39 is 0 Å². The molecule has 3 aliphatic rings. The van der Waals surface area contributed by atoms with Crippen LogP contribution in [0.3, 0.4) is 0 Å². The summed E-state index contributed by atoms with van der Waals surface area (Å²) in [6.07, 6.45) is 5.20. The molecule has 3 aliphatic heterocycles. The molecular weight excluding hydrogens is 238 g/mol. The van der Waals surface area contributed by atoms with Crippen LogP contribution in [0.25, 0.3) is 0 Å². The van der Waals surface area contributed by atoms with Crippen LogP contribution in [0.1, 0.15) is 32.6 Å². The van der Waals surface area contributed by atoms with Crippen LogP contribution < -0.4 is 5.32 Å². The molecule has 0 bridgehead atoms. The molecule has 0 aromatic rings. The first-order valence-corrected chi connectivity index (χ1v) is 8.17. The van der Waals surface area contributed by atoms with Crippen molar-refractivity contribution in [3.8, 4) is 0 Å². The Hall–Kier alpha value is -0.160. The van der Waals surface area contributed by atoms with Crippen LogP contribution in [0, 0.1) is 0 Å². The zero-order valence-corrected chi connectivity index (χ0v) is 12.3. The Bertz CT molecular complexity index is 287. The van der Waals surface area contributed by atoms with Gasteiger partial charge in [-0.25, -0.2) is 0 Å². The molecule has 110 valence electrons. The van der Waals surface area contributed by atoms with Gasteiger partial charge in [-0.1, -0.05) is 6.92 Å². The Morgan fingerprint density at radius 2 is 2.05 bits per heavy atom. The third-order valence-corrected chi connectivity index (χ3v) is 5.07. The Labute approximate surface area is 117 Å². The predicted molar refractivity (Wildman–Crippen MR) is 77.5 cm³/mol. The summed E-state index contributed by atoms with van der Waals surface area (Å²) in [6.45, 7) is 10.3. The fourth-order valence-electron chi connectivity index (χ4n) is 3.97. The van der Waals surface area contributed by atoms with Crippen molar-refractivity contribution in [2.75, 3.05) is 45.9 Å². The van der Waals surface area contributed by atoms with E-state index in [1.54, 1.807) is 0 Å². The first-order chi connectivity index (χ1) is 9.38. The standard InChI is InChI=1S/C15H29N3O/c1-2-6-16-14-5-10-19-12-15(14)18-9-8-17-7-3-4-13(17)11-18/h13-16H,2-12H2,1H3. The molecule has 3 unspecified atom stereocenters. The largest absolute Gasteiger partial charge is 0.380 e. The second-order valence-electron chi connectivity index (χ2n) is 6.32. The quantitative estimate of drug-likeness (QED) is 0.820. The van der Waals surface area contributed by atoms with E-state index in [1.165, 1.54) is 51.9 Å². The summed E-state index contributed by atoms with van der Waals surface area (Å²) in [6, 6.07) is 2.06. The second-order valence-corrected chi connectivity index (χ2v) is 6.32. The predicted octanol–water partition coefficient (Wildman–Crippen LogP) is 0.924. The van der Waals surface area contributed by atoms with Gasteiger partial charge in [0.15, 0.2) is 0 Å². The van der Waals surface area contributed by atoms with Gasteiger partial charge in [-0.15, -0.1) is 0 Å². The average Bonchev–Trinajstić information content (AvgIpc) is 2.92. The Morgan fingerprint density at radius 1 is 1.16 bits per heavy atom. The van der Waals surface area contributed by atoms with E-state index in [0.717, 1.165) is 25.8 Å². The molecule has 0 aromatic carbocycles. The number of nitrogens with zero attached hydrogens (tertiary/aromatic N) is 2. The van der Waals surface area contributed by atoms with Crippen molar-refractivity contribution in [1.29, 1.82) is 0 Å². The Kier molecular flexibility index (Phi) is 4.74. The second kappa shape index (κ2) is 6.53. The number of fused-ring (bicyclic) bond motifs is 1. The SMILES string of the molecule is CCCNC1CCOCC1N1CCN2CCCC2C1. The van der Waals surface area contributed by atoms with Crippen molar-refractivity contribution < 1.29 is 4.74 Å². The summed E-state index contributed by atoms with van der Waals surface area (Å²) in [7, 11) is 0. The normalized spacial score (nSPS) is 37.4. The highest BCUT2D eigenvalue weighted by atomic mass is 16.5. The monoisotopic (exact) mass is 267 g/mol. The third kappa shape index (κ3) is 3.13. The molecule has 3 atom stereocenters. The van der Waals surface area contributed by atoms with Gasteiger partial charge in [-0.05, 0) is 38.8 Å². The molecule has 4 nitrogen and oxygen atoms in total. The van der Waals surface area contributed by atoms with E-state index in [1.807, 2.05) is 0 Å². The molecule has 1 N–H and O–H groups in total. The zero-order valence-electron chi connectivity index (χ0n) is 12.3. The van der Waals surface area contributed by atoms with Crippen LogP contribution in [0.5, 0.6) is 0 Å². The number of hydrogen-bond donors (Lipinski definition) is 1. The molecule has 0 radical (unpaired) electrons. The summed E-state index contributed by atoms with van der Waals surface area (Å²) < 4.78 is 5.76. The highest BCUT2D eigenvalue weighted by Gasteiger charge is 2.37. The van der Waals surface area contributed by atoms with Gasteiger partial charge in [-0.3, -0.25) is 9.80 Å². The summed E-state index contributed by atoms with van der Waals surface area (Å²) in [5.41, 5.74) is 0. The minimum absolute atomic E-state index is 0.600. The summed E-state index contributed by atoms with van der Waals surface area (Å²) in [5, 5.41) is 3.74. The van der Waals surface area contributed by atoms with E-state index in [4.69, 9.17) is 4.74 Å². The Balaban J connectivity index is 1.58. The van der Waals surface area contributed by atoms with Crippen molar-refractivity contribution in [1.82, 2.24) is 15.1 Å². The van der Waals surface area contributed by atoms with Crippen molar-refractivity contribution in [2.24, 2.45) is 0 Å². The fraction of sp³-hybridized carbons (Fsp3) is 1.00. The van der Waals surface area contributed by atoms with Crippen molar-refractivity contribution >= 4 is 0 Å². The van der Waals surface area contributed by atoms with Crippen LogP contribution in [-0.4, -0.2) is 73.9 Å². The van der Waals surface area contributed by atoms with Gasteiger partial charge >= 0.3 is 0 Å². The van der Waals surface area contributed by atoms with Crippen molar-refractivity contribution in [3.63, 3.8) is 0 Å². The number of nitrogens with one attached hydrogen (secondary N) is 1. The molecule has 0 spiro atoms. The molecule has 3 fully saturated rings. The van der Waals surface area contributed by atoms with Gasteiger partial charge in [-0.2, -0.15) is 0 Å². The van der Waals surface area contributed by atoms with Gasteiger partial charge in [0.2, 0.25) is 0 Å². The van der Waals surface area contributed by atoms with Crippen molar-refractivity contribution in [3.05, 3.63) is 0 Å². The number of piperazine rings is 1. The van der Waals surface area contributed by atoms with Crippen LogP contribution >= 0.6 is 0 Å². The topological polar surface area (TPSA) is 27.7 Å². The van der Waals surface area contributed by atoms with Crippen molar-refractivity contribution in [2.45, 2.75) is 50.7 Å². The summed E-state index contributed by atoms with van der Waals surface area (Å²) in [5.74, 6) is 0. The molecule has 3 heterocycles. The van der Waals surface area contributed by atoms with Gasteiger partial charge in [0.1, 0.15) is 0 Å². The van der Waals surface area contributed by atoms with Crippen LogP contribution in [0.2, 0.25) is 0 Å².